The Labute approximate surface area is 143 Å². The van der Waals surface area contributed by atoms with Crippen LogP contribution in [0.2, 0.25) is 5.02 Å². The third kappa shape index (κ3) is 2.03. The summed E-state index contributed by atoms with van der Waals surface area (Å²) >= 11 is 6.04. The topological polar surface area (TPSA) is 72.9 Å². The lowest BCUT2D eigenvalue weighted by atomic mass is 9.85. The molecule has 24 heavy (non-hydrogen) atoms. The molecule has 1 aromatic carbocycles. The fraction of sp³-hybridized carbons (Fsp3) is 0.353. The summed E-state index contributed by atoms with van der Waals surface area (Å²) in [5, 5.41) is 0.210. The highest BCUT2D eigenvalue weighted by Crippen LogP contribution is 2.46. The van der Waals surface area contributed by atoms with Crippen LogP contribution in [0.1, 0.15) is 17.3 Å². The highest BCUT2D eigenvalue weighted by molar-refractivity contribution is 6.34. The van der Waals surface area contributed by atoms with Gasteiger partial charge < -0.3 is 9.47 Å². The molecule has 2 amide bonds. The van der Waals surface area contributed by atoms with Gasteiger partial charge in [0.05, 0.1) is 46.9 Å². The van der Waals surface area contributed by atoms with Crippen LogP contribution >= 0.6 is 11.6 Å². The molecule has 2 saturated heterocycles. The SMILES string of the molecule is CCOC(=O)c1cc(N2C(=O)[C@@H]3[C@@H](C2=O)[C@H]2C=C[C@H]3O2)ccc1Cl. The highest BCUT2D eigenvalue weighted by Gasteiger charge is 2.61. The number of nitrogens with zero attached hydrogens (tertiary/aromatic N) is 1. The van der Waals surface area contributed by atoms with Crippen LogP contribution in [-0.2, 0) is 19.1 Å². The summed E-state index contributed by atoms with van der Waals surface area (Å²) < 4.78 is 10.6. The van der Waals surface area contributed by atoms with Crippen LogP contribution < -0.4 is 4.90 Å². The smallest absolute Gasteiger partial charge is 0.339 e. The zero-order chi connectivity index (χ0) is 17.0. The van der Waals surface area contributed by atoms with E-state index in [1.807, 2.05) is 12.2 Å². The quantitative estimate of drug-likeness (QED) is 0.475. The van der Waals surface area contributed by atoms with E-state index < -0.39 is 17.8 Å². The van der Waals surface area contributed by atoms with Gasteiger partial charge in [-0.15, -0.1) is 0 Å². The molecule has 0 radical (unpaired) electrons. The van der Waals surface area contributed by atoms with Crippen molar-refractivity contribution < 1.29 is 23.9 Å². The van der Waals surface area contributed by atoms with Crippen molar-refractivity contribution in [1.82, 2.24) is 0 Å². The van der Waals surface area contributed by atoms with E-state index in [2.05, 4.69) is 0 Å². The van der Waals surface area contributed by atoms with Crippen molar-refractivity contribution in [3.8, 4) is 0 Å². The maximum absolute atomic E-state index is 12.7. The number of carbonyl (C=O) groups is 3. The van der Waals surface area contributed by atoms with Crippen LogP contribution in [-0.4, -0.2) is 36.6 Å². The Morgan fingerprint density at radius 1 is 1.21 bits per heavy atom. The lowest BCUT2D eigenvalue weighted by Crippen LogP contribution is -2.34. The summed E-state index contributed by atoms with van der Waals surface area (Å²) in [6, 6.07) is 4.46. The van der Waals surface area contributed by atoms with Crippen molar-refractivity contribution in [2.24, 2.45) is 11.8 Å². The molecule has 0 unspecified atom stereocenters. The number of halogens is 1. The van der Waals surface area contributed by atoms with Crippen molar-refractivity contribution in [1.29, 1.82) is 0 Å². The summed E-state index contributed by atoms with van der Waals surface area (Å²) in [7, 11) is 0. The fourth-order valence-electron chi connectivity index (χ4n) is 3.58. The number of ether oxygens (including phenoxy) is 2. The van der Waals surface area contributed by atoms with Crippen molar-refractivity contribution in [3.63, 3.8) is 0 Å². The lowest BCUT2D eigenvalue weighted by molar-refractivity contribution is -0.124. The Hall–Kier alpha value is -2.18. The second kappa shape index (κ2) is 5.43. The molecule has 1 aromatic rings. The first-order valence-electron chi connectivity index (χ1n) is 7.71. The molecule has 0 aromatic heterocycles. The number of benzene rings is 1. The van der Waals surface area contributed by atoms with E-state index in [0.29, 0.717) is 5.69 Å². The minimum Gasteiger partial charge on any atom is -0.462 e. The molecule has 0 aliphatic carbocycles. The van der Waals surface area contributed by atoms with Crippen molar-refractivity contribution >= 4 is 35.1 Å². The van der Waals surface area contributed by atoms with E-state index in [9.17, 15) is 14.4 Å². The number of imide groups is 1. The van der Waals surface area contributed by atoms with Gasteiger partial charge in [-0.05, 0) is 25.1 Å². The van der Waals surface area contributed by atoms with E-state index in [1.165, 1.54) is 12.1 Å². The van der Waals surface area contributed by atoms with Crippen LogP contribution in [0.3, 0.4) is 0 Å². The van der Waals surface area contributed by atoms with Crippen LogP contribution in [0.15, 0.2) is 30.4 Å². The molecular formula is C17H14ClNO5. The van der Waals surface area contributed by atoms with Crippen LogP contribution in [0.4, 0.5) is 5.69 Å². The minimum atomic E-state index is -0.589. The normalized spacial score (nSPS) is 30.2. The largest absolute Gasteiger partial charge is 0.462 e. The van der Waals surface area contributed by atoms with E-state index in [4.69, 9.17) is 21.1 Å². The Kier molecular flexibility index (Phi) is 3.47. The van der Waals surface area contributed by atoms with Crippen molar-refractivity contribution in [3.05, 3.63) is 40.9 Å². The van der Waals surface area contributed by atoms with E-state index >= 15 is 0 Å². The average molecular weight is 348 g/mol. The zero-order valence-electron chi connectivity index (χ0n) is 12.8. The molecule has 3 aliphatic rings. The van der Waals surface area contributed by atoms with Gasteiger partial charge >= 0.3 is 5.97 Å². The molecule has 3 heterocycles. The Morgan fingerprint density at radius 3 is 2.42 bits per heavy atom. The van der Waals surface area contributed by atoms with Crippen LogP contribution in [0, 0.1) is 11.8 Å². The molecule has 6 nitrogen and oxygen atoms in total. The van der Waals surface area contributed by atoms with Gasteiger partial charge in [0.2, 0.25) is 11.8 Å². The third-order valence-electron chi connectivity index (χ3n) is 4.61. The number of hydrogen-bond donors (Lipinski definition) is 0. The molecule has 0 N–H and O–H groups in total. The standard InChI is InChI=1S/C17H14ClNO5/c1-2-23-17(22)9-7-8(3-4-10(9)18)19-15(20)13-11-5-6-12(24-11)14(13)16(19)21/h3-7,11-14H,2H2,1H3/t11-,12-,13+,14+/m1/s1. The van der Waals surface area contributed by atoms with E-state index in [0.717, 1.165) is 4.90 Å². The lowest BCUT2D eigenvalue weighted by Gasteiger charge is -2.18. The van der Waals surface area contributed by atoms with E-state index in [1.54, 1.807) is 13.0 Å². The van der Waals surface area contributed by atoms with Crippen LogP contribution in [0.5, 0.6) is 0 Å². The molecule has 3 aliphatic heterocycles. The summed E-state index contributed by atoms with van der Waals surface area (Å²) in [4.78, 5) is 38.6. The second-order valence-corrected chi connectivity index (χ2v) is 6.31. The highest BCUT2D eigenvalue weighted by atomic mass is 35.5. The number of esters is 1. The Morgan fingerprint density at radius 2 is 1.83 bits per heavy atom. The van der Waals surface area contributed by atoms with E-state index in [-0.39, 0.29) is 41.2 Å². The number of carbonyl (C=O) groups excluding carboxylic acids is 3. The first-order valence-corrected chi connectivity index (χ1v) is 8.09. The molecular weight excluding hydrogens is 334 g/mol. The molecule has 124 valence electrons. The summed E-state index contributed by atoms with van der Waals surface area (Å²) in [5.41, 5.74) is 0.456. The maximum Gasteiger partial charge on any atom is 0.339 e. The molecule has 7 heteroatoms. The van der Waals surface area contributed by atoms with Gasteiger partial charge in [-0.25, -0.2) is 9.69 Å². The van der Waals surface area contributed by atoms with Crippen molar-refractivity contribution in [2.75, 3.05) is 11.5 Å². The fourth-order valence-corrected chi connectivity index (χ4v) is 3.77. The number of rotatable bonds is 3. The Bertz CT molecular complexity index is 759. The monoisotopic (exact) mass is 347 g/mol. The predicted molar refractivity (Wildman–Crippen MR) is 84.7 cm³/mol. The molecule has 0 spiro atoms. The van der Waals surface area contributed by atoms with Gasteiger partial charge in [0.15, 0.2) is 0 Å². The third-order valence-corrected chi connectivity index (χ3v) is 4.94. The molecule has 2 fully saturated rings. The summed E-state index contributed by atoms with van der Waals surface area (Å²) in [5.74, 6) is -2.19. The van der Waals surface area contributed by atoms with Crippen molar-refractivity contribution in [2.45, 2.75) is 19.1 Å². The van der Waals surface area contributed by atoms with Crippen LogP contribution in [0.25, 0.3) is 0 Å². The van der Waals surface area contributed by atoms with Gasteiger partial charge in [-0.1, -0.05) is 23.8 Å². The number of anilines is 1. The number of amides is 2. The average Bonchev–Trinajstić information content (AvgIpc) is 3.23. The summed E-state index contributed by atoms with van der Waals surface area (Å²) in [6.07, 6.45) is 2.95. The molecule has 0 saturated carbocycles. The second-order valence-electron chi connectivity index (χ2n) is 5.90. The predicted octanol–water partition coefficient (Wildman–Crippen LogP) is 1.96. The summed E-state index contributed by atoms with van der Waals surface area (Å²) in [6.45, 7) is 1.89. The zero-order valence-corrected chi connectivity index (χ0v) is 13.5. The minimum absolute atomic E-state index is 0.131. The first-order chi connectivity index (χ1) is 11.5. The van der Waals surface area contributed by atoms with Gasteiger partial charge in [-0.3, -0.25) is 9.59 Å². The Balaban J connectivity index is 1.70. The van der Waals surface area contributed by atoms with Gasteiger partial charge in [0.25, 0.3) is 0 Å². The number of hydrogen-bond acceptors (Lipinski definition) is 5. The number of fused-ring (bicyclic) bond motifs is 5. The first kappa shape index (κ1) is 15.4. The molecule has 4 rings (SSSR count). The molecule has 2 bridgehead atoms. The van der Waals surface area contributed by atoms with Gasteiger partial charge in [-0.2, -0.15) is 0 Å². The van der Waals surface area contributed by atoms with Gasteiger partial charge in [0, 0.05) is 0 Å². The molecule has 4 atom stereocenters. The maximum atomic E-state index is 12.7. The van der Waals surface area contributed by atoms with Gasteiger partial charge in [0.1, 0.15) is 0 Å².